The van der Waals surface area contributed by atoms with Crippen LogP contribution in [0.15, 0.2) is 30.6 Å². The monoisotopic (exact) mass is 464 g/mol. The van der Waals surface area contributed by atoms with E-state index >= 15 is 0 Å². The first-order chi connectivity index (χ1) is 16.0. The Balaban J connectivity index is 1.53. The number of benzene rings is 1. The molecule has 1 unspecified atom stereocenters. The highest BCUT2D eigenvalue weighted by Crippen LogP contribution is 2.42. The van der Waals surface area contributed by atoms with Crippen molar-refractivity contribution in [2.24, 2.45) is 0 Å². The molecule has 5 rings (SSSR count). The topological polar surface area (TPSA) is 71.9 Å². The molecule has 0 aliphatic carbocycles. The van der Waals surface area contributed by atoms with Crippen molar-refractivity contribution in [2.45, 2.75) is 39.8 Å². The van der Waals surface area contributed by atoms with E-state index in [9.17, 15) is 0 Å². The quantitative estimate of drug-likeness (QED) is 0.436. The number of nitrogens with two attached hydrogens (primary N) is 1. The van der Waals surface area contributed by atoms with Gasteiger partial charge in [0.05, 0.1) is 17.5 Å². The number of likely N-dealkylation sites (tertiary alicyclic amines) is 1. The number of rotatable bonds is 7. The number of fused-ring (bicyclic) bond motifs is 2. The van der Waals surface area contributed by atoms with E-state index in [0.717, 1.165) is 64.8 Å². The van der Waals surface area contributed by atoms with Gasteiger partial charge < -0.3 is 10.5 Å². The molecule has 174 valence electrons. The first kappa shape index (κ1) is 22.1. The maximum absolute atomic E-state index is 6.38. The zero-order valence-corrected chi connectivity index (χ0v) is 20.7. The number of thiophene rings is 1. The molecule has 0 amide bonds. The number of aromatic nitrogens is 3. The zero-order valence-electron chi connectivity index (χ0n) is 19.8. The van der Waals surface area contributed by atoms with Gasteiger partial charge in [-0.05, 0) is 55.6 Å². The van der Waals surface area contributed by atoms with E-state index in [1.54, 1.807) is 24.8 Å². The number of anilines is 1. The lowest BCUT2D eigenvalue weighted by atomic mass is 10.1. The lowest BCUT2D eigenvalue weighted by molar-refractivity contribution is 0.208. The van der Waals surface area contributed by atoms with Gasteiger partial charge in [-0.25, -0.2) is 9.50 Å². The number of methoxy groups -OCH3 is 1. The van der Waals surface area contributed by atoms with Crippen LogP contribution in [0.4, 0.5) is 5.82 Å². The van der Waals surface area contributed by atoms with E-state index in [1.807, 2.05) is 4.52 Å². The van der Waals surface area contributed by atoms with Gasteiger partial charge in [-0.2, -0.15) is 5.10 Å². The van der Waals surface area contributed by atoms with E-state index in [1.165, 1.54) is 17.4 Å². The van der Waals surface area contributed by atoms with Gasteiger partial charge in [-0.15, -0.1) is 11.3 Å². The highest BCUT2D eigenvalue weighted by atomic mass is 32.1. The molecule has 0 saturated carbocycles. The van der Waals surface area contributed by atoms with E-state index < -0.39 is 0 Å². The molecule has 1 aliphatic heterocycles. The number of ether oxygens (including phenoxy) is 1. The average molecular weight is 465 g/mol. The smallest absolute Gasteiger partial charge is 0.152 e. The lowest BCUT2D eigenvalue weighted by Crippen LogP contribution is -2.37. The number of hydrogen-bond acceptors (Lipinski definition) is 7. The highest BCUT2D eigenvalue weighted by molar-refractivity contribution is 7.22. The molecular weight excluding hydrogens is 432 g/mol. The van der Waals surface area contributed by atoms with Crippen molar-refractivity contribution in [1.82, 2.24) is 24.4 Å². The molecule has 0 radical (unpaired) electrons. The molecule has 7 nitrogen and oxygen atoms in total. The Labute approximate surface area is 198 Å². The Kier molecular flexibility index (Phi) is 5.99. The summed E-state index contributed by atoms with van der Waals surface area (Å²) in [6, 6.07) is 9.39. The van der Waals surface area contributed by atoms with Crippen LogP contribution < -0.4 is 10.5 Å². The van der Waals surface area contributed by atoms with Crippen molar-refractivity contribution < 1.29 is 4.74 Å². The van der Waals surface area contributed by atoms with E-state index in [-0.39, 0.29) is 0 Å². The van der Waals surface area contributed by atoms with E-state index in [4.69, 9.17) is 10.5 Å². The van der Waals surface area contributed by atoms with Gasteiger partial charge in [0.2, 0.25) is 0 Å². The number of aryl methyl sites for hydroxylation is 1. The number of nitrogen functional groups attached to an aromatic ring is 1. The van der Waals surface area contributed by atoms with Gasteiger partial charge in [-0.3, -0.25) is 9.80 Å². The van der Waals surface area contributed by atoms with Crippen molar-refractivity contribution in [3.63, 3.8) is 0 Å². The van der Waals surface area contributed by atoms with Crippen molar-refractivity contribution in [3.8, 4) is 16.2 Å². The normalized spacial score (nSPS) is 17.1. The van der Waals surface area contributed by atoms with Gasteiger partial charge in [0.15, 0.2) is 5.82 Å². The van der Waals surface area contributed by atoms with Crippen molar-refractivity contribution in [2.75, 3.05) is 39.0 Å². The third-order valence-electron chi connectivity index (χ3n) is 6.83. The summed E-state index contributed by atoms with van der Waals surface area (Å²) < 4.78 is 8.79. The van der Waals surface area contributed by atoms with E-state index in [2.05, 4.69) is 64.9 Å². The minimum atomic E-state index is 0.509. The largest absolute Gasteiger partial charge is 0.495 e. The van der Waals surface area contributed by atoms with E-state index in [0.29, 0.717) is 11.9 Å². The molecule has 3 aromatic heterocycles. The first-order valence-corrected chi connectivity index (χ1v) is 12.5. The lowest BCUT2D eigenvalue weighted by Gasteiger charge is -2.26. The van der Waals surface area contributed by atoms with Gasteiger partial charge in [0.25, 0.3) is 0 Å². The van der Waals surface area contributed by atoms with Gasteiger partial charge in [0.1, 0.15) is 17.6 Å². The second kappa shape index (κ2) is 8.93. The fraction of sp³-hybridized carbons (Fsp3) is 0.440. The molecular formula is C25H32N6OS. The standard InChI is InChI=1S/C25H32N6OS/c1-5-30(6-2)18-7-8-29(13-18)14-19-12-20(23-25(26)27-15-28-31(19)23)22-11-17-9-16(3)10-21(32-4)24(17)33-22/h9-12,15,18H,5-8,13-14H2,1-4H3,(H2,26,27,28). The van der Waals surface area contributed by atoms with Gasteiger partial charge >= 0.3 is 0 Å². The van der Waals surface area contributed by atoms with Crippen LogP contribution in [0.25, 0.3) is 26.0 Å². The van der Waals surface area contributed by atoms with Gasteiger partial charge in [0, 0.05) is 36.1 Å². The van der Waals surface area contributed by atoms with Crippen LogP contribution in [0, 0.1) is 6.92 Å². The van der Waals surface area contributed by atoms with Crippen LogP contribution in [0.3, 0.4) is 0 Å². The predicted octanol–water partition coefficient (Wildman–Crippen LogP) is 4.43. The number of likely N-dealkylation sites (N-methyl/N-ethyl adjacent to an activating group) is 1. The summed E-state index contributed by atoms with van der Waals surface area (Å²) in [6.45, 7) is 11.8. The molecule has 1 aromatic carbocycles. The minimum absolute atomic E-state index is 0.509. The molecule has 1 aliphatic rings. The van der Waals surface area contributed by atoms with Crippen molar-refractivity contribution in [3.05, 3.63) is 41.9 Å². The predicted molar refractivity (Wildman–Crippen MR) is 136 cm³/mol. The van der Waals surface area contributed by atoms with Crippen molar-refractivity contribution in [1.29, 1.82) is 0 Å². The van der Waals surface area contributed by atoms with Crippen LogP contribution in [0.5, 0.6) is 5.75 Å². The first-order valence-electron chi connectivity index (χ1n) is 11.7. The summed E-state index contributed by atoms with van der Waals surface area (Å²) in [5.74, 6) is 1.42. The van der Waals surface area contributed by atoms with Crippen LogP contribution in [-0.4, -0.2) is 63.7 Å². The van der Waals surface area contributed by atoms with Crippen LogP contribution in [0.1, 0.15) is 31.5 Å². The highest BCUT2D eigenvalue weighted by Gasteiger charge is 2.27. The SMILES string of the molecule is CCN(CC)C1CCN(Cc2cc(-c3cc4cc(C)cc(OC)c4s3)c3c(N)ncnn23)C1. The van der Waals surface area contributed by atoms with Gasteiger partial charge in [-0.1, -0.05) is 19.9 Å². The van der Waals surface area contributed by atoms with Crippen LogP contribution in [-0.2, 0) is 6.54 Å². The third kappa shape index (κ3) is 3.96. The zero-order chi connectivity index (χ0) is 23.1. The summed E-state index contributed by atoms with van der Waals surface area (Å²) in [7, 11) is 1.73. The van der Waals surface area contributed by atoms with Crippen LogP contribution in [0.2, 0.25) is 0 Å². The second-order valence-electron chi connectivity index (χ2n) is 8.85. The Morgan fingerprint density at radius 1 is 1.21 bits per heavy atom. The Morgan fingerprint density at radius 2 is 2.03 bits per heavy atom. The number of hydrogen-bond donors (Lipinski definition) is 1. The molecule has 33 heavy (non-hydrogen) atoms. The Morgan fingerprint density at radius 3 is 2.79 bits per heavy atom. The maximum Gasteiger partial charge on any atom is 0.152 e. The fourth-order valence-electron chi connectivity index (χ4n) is 5.20. The summed E-state index contributed by atoms with van der Waals surface area (Å²) in [5, 5.41) is 5.77. The molecule has 8 heteroatoms. The van der Waals surface area contributed by atoms with Crippen molar-refractivity contribution >= 4 is 32.8 Å². The molecule has 0 spiro atoms. The molecule has 4 heterocycles. The average Bonchev–Trinajstić information content (AvgIpc) is 3.52. The summed E-state index contributed by atoms with van der Waals surface area (Å²) >= 11 is 1.73. The molecule has 4 aromatic rings. The third-order valence-corrected chi connectivity index (χ3v) is 8.03. The molecule has 0 bridgehead atoms. The summed E-state index contributed by atoms with van der Waals surface area (Å²) in [6.07, 6.45) is 2.76. The maximum atomic E-state index is 6.38. The number of nitrogens with zero attached hydrogens (tertiary/aromatic N) is 5. The molecule has 1 fully saturated rings. The second-order valence-corrected chi connectivity index (χ2v) is 9.90. The van der Waals surface area contributed by atoms with Crippen LogP contribution >= 0.6 is 11.3 Å². The summed E-state index contributed by atoms with van der Waals surface area (Å²) in [4.78, 5) is 10.6. The Hall–Kier alpha value is -2.68. The summed E-state index contributed by atoms with van der Waals surface area (Å²) in [5.41, 5.74) is 10.7. The molecule has 1 saturated heterocycles. The Bertz CT molecular complexity index is 1290. The molecule has 1 atom stereocenters. The minimum Gasteiger partial charge on any atom is -0.495 e. The fourth-order valence-corrected chi connectivity index (χ4v) is 6.35. The molecule has 2 N–H and O–H groups in total.